The molecular weight excluding hydrogens is 323 g/mol. The number of aliphatic hydroxyl groups excluding tert-OH is 1. The van der Waals surface area contributed by atoms with Gasteiger partial charge in [-0.3, -0.25) is 4.79 Å². The van der Waals surface area contributed by atoms with Crippen LogP contribution in [-0.4, -0.2) is 29.9 Å². The molecule has 0 radical (unpaired) electrons. The van der Waals surface area contributed by atoms with Crippen LogP contribution in [0.15, 0.2) is 17.2 Å². The van der Waals surface area contributed by atoms with Crippen molar-refractivity contribution >= 4 is 23.2 Å². The molecule has 1 heterocycles. The zero-order valence-corrected chi connectivity index (χ0v) is 14.1. The number of carbonyl (C=O) groups excluding carboxylic acids is 1. The van der Waals surface area contributed by atoms with E-state index in [0.29, 0.717) is 5.71 Å². The van der Waals surface area contributed by atoms with Gasteiger partial charge < -0.3 is 9.84 Å². The van der Waals surface area contributed by atoms with Gasteiger partial charge in [-0.25, -0.2) is 9.82 Å². The first-order valence-electron chi connectivity index (χ1n) is 7.33. The maximum Gasteiger partial charge on any atom is 0.240 e. The van der Waals surface area contributed by atoms with Gasteiger partial charge >= 0.3 is 0 Å². The minimum Gasteiger partial charge on any atom is -0.491 e. The highest BCUT2D eigenvalue weighted by Gasteiger charge is 2.26. The Morgan fingerprint density at radius 3 is 2.83 bits per heavy atom. The number of benzene rings is 1. The van der Waals surface area contributed by atoms with Crippen LogP contribution in [0.1, 0.15) is 32.8 Å². The number of rotatable bonds is 5. The van der Waals surface area contributed by atoms with Gasteiger partial charge in [0.15, 0.2) is 5.82 Å². The van der Waals surface area contributed by atoms with Crippen molar-refractivity contribution in [2.24, 2.45) is 16.4 Å². The molecule has 23 heavy (non-hydrogen) atoms. The number of hydrazone groups is 1. The molecule has 1 aromatic rings. The molecule has 0 saturated carbocycles. The van der Waals surface area contributed by atoms with Crippen molar-refractivity contribution in [3.63, 3.8) is 0 Å². The fourth-order valence-corrected chi connectivity index (χ4v) is 2.36. The lowest BCUT2D eigenvalue weighted by Crippen LogP contribution is -2.32. The standard InChI is InChI=1S/C16H20ClFN2O3/c1-9-6-12(22)19-20-15(9)10-4-5-11(13(17)14(10)18)23-8-16(2,3)7-21/h4-5,9,21H,6-8H2,1-3H3,(H,19,22). The van der Waals surface area contributed by atoms with Gasteiger partial charge in [-0.1, -0.05) is 32.4 Å². The van der Waals surface area contributed by atoms with Crippen LogP contribution in [0.3, 0.4) is 0 Å². The number of nitrogens with one attached hydrogen (secondary N) is 1. The van der Waals surface area contributed by atoms with Crippen LogP contribution >= 0.6 is 11.6 Å². The van der Waals surface area contributed by atoms with Gasteiger partial charge in [0.05, 0.1) is 18.9 Å². The monoisotopic (exact) mass is 342 g/mol. The Hall–Kier alpha value is -1.66. The molecule has 0 spiro atoms. The minimum atomic E-state index is -0.632. The van der Waals surface area contributed by atoms with E-state index in [1.54, 1.807) is 13.0 Å². The first kappa shape index (κ1) is 17.7. The number of hydrogen-bond acceptors (Lipinski definition) is 4. The molecule has 1 unspecified atom stereocenters. The number of aliphatic hydroxyl groups is 1. The summed E-state index contributed by atoms with van der Waals surface area (Å²) in [6.07, 6.45) is 0.249. The summed E-state index contributed by atoms with van der Waals surface area (Å²) >= 11 is 6.06. The van der Waals surface area contributed by atoms with Crippen LogP contribution < -0.4 is 10.2 Å². The molecule has 126 valence electrons. The molecular formula is C16H20ClFN2O3. The summed E-state index contributed by atoms with van der Waals surface area (Å²) in [4.78, 5) is 11.3. The van der Waals surface area contributed by atoms with Crippen LogP contribution in [0.4, 0.5) is 4.39 Å². The van der Waals surface area contributed by atoms with Crippen LogP contribution in [0.2, 0.25) is 5.02 Å². The highest BCUT2D eigenvalue weighted by atomic mass is 35.5. The SMILES string of the molecule is CC1CC(=O)NN=C1c1ccc(OCC(C)(C)CO)c(Cl)c1F. The van der Waals surface area contributed by atoms with E-state index in [-0.39, 0.29) is 47.8 Å². The molecule has 0 aliphatic carbocycles. The molecule has 0 aromatic heterocycles. The maximum atomic E-state index is 14.6. The fraction of sp³-hybridized carbons (Fsp3) is 0.500. The molecule has 1 atom stereocenters. The van der Waals surface area contributed by atoms with Gasteiger partial charge in [0.2, 0.25) is 5.91 Å². The Kier molecular flexibility index (Phi) is 5.26. The largest absolute Gasteiger partial charge is 0.491 e. The smallest absolute Gasteiger partial charge is 0.240 e. The van der Waals surface area contributed by atoms with E-state index in [9.17, 15) is 14.3 Å². The second-order valence-electron chi connectivity index (χ2n) is 6.49. The summed E-state index contributed by atoms with van der Waals surface area (Å²) in [5.41, 5.74) is 2.60. The molecule has 7 heteroatoms. The summed E-state index contributed by atoms with van der Waals surface area (Å²) < 4.78 is 20.1. The predicted octanol–water partition coefficient (Wildman–Crippen LogP) is 2.74. The van der Waals surface area contributed by atoms with Gasteiger partial charge in [-0.15, -0.1) is 0 Å². The molecule has 2 rings (SSSR count). The van der Waals surface area contributed by atoms with E-state index in [2.05, 4.69) is 10.5 Å². The van der Waals surface area contributed by atoms with E-state index >= 15 is 0 Å². The van der Waals surface area contributed by atoms with E-state index in [4.69, 9.17) is 16.3 Å². The van der Waals surface area contributed by atoms with Gasteiger partial charge in [0.1, 0.15) is 10.8 Å². The summed E-state index contributed by atoms with van der Waals surface area (Å²) in [5, 5.41) is 13.0. The summed E-state index contributed by atoms with van der Waals surface area (Å²) in [6, 6.07) is 3.11. The number of ether oxygens (including phenoxy) is 1. The van der Waals surface area contributed by atoms with Crippen LogP contribution in [0, 0.1) is 17.2 Å². The van der Waals surface area contributed by atoms with Crippen molar-refractivity contribution in [3.8, 4) is 5.75 Å². The molecule has 1 aliphatic heterocycles. The highest BCUT2D eigenvalue weighted by molar-refractivity contribution is 6.32. The lowest BCUT2D eigenvalue weighted by atomic mass is 9.93. The topological polar surface area (TPSA) is 70.9 Å². The Labute approximate surface area is 139 Å². The molecule has 0 saturated heterocycles. The Balaban J connectivity index is 2.26. The van der Waals surface area contributed by atoms with Crippen LogP contribution in [0.25, 0.3) is 0 Å². The molecule has 1 aromatic carbocycles. The van der Waals surface area contributed by atoms with Crippen LogP contribution in [-0.2, 0) is 4.79 Å². The first-order valence-corrected chi connectivity index (χ1v) is 7.71. The van der Waals surface area contributed by atoms with Crippen molar-refractivity contribution in [1.29, 1.82) is 0 Å². The lowest BCUT2D eigenvalue weighted by Gasteiger charge is -2.23. The minimum absolute atomic E-state index is 0.0563. The van der Waals surface area contributed by atoms with Gasteiger partial charge in [0.25, 0.3) is 0 Å². The van der Waals surface area contributed by atoms with E-state index in [1.165, 1.54) is 6.07 Å². The summed E-state index contributed by atoms with van der Waals surface area (Å²) in [7, 11) is 0. The number of amides is 1. The van der Waals surface area contributed by atoms with Gasteiger partial charge in [0, 0.05) is 23.3 Å². The average Bonchev–Trinajstić information content (AvgIpc) is 2.50. The van der Waals surface area contributed by atoms with Gasteiger partial charge in [-0.2, -0.15) is 5.10 Å². The summed E-state index contributed by atoms with van der Waals surface area (Å²) in [6.45, 7) is 5.60. The predicted molar refractivity (Wildman–Crippen MR) is 86.2 cm³/mol. The fourth-order valence-electron chi connectivity index (χ4n) is 2.14. The molecule has 1 amide bonds. The Morgan fingerprint density at radius 2 is 2.22 bits per heavy atom. The zero-order valence-electron chi connectivity index (χ0n) is 13.3. The first-order chi connectivity index (χ1) is 10.7. The quantitative estimate of drug-likeness (QED) is 0.864. The molecule has 0 bridgehead atoms. The number of nitrogens with zero attached hydrogens (tertiary/aromatic N) is 1. The third kappa shape index (κ3) is 4.00. The van der Waals surface area contributed by atoms with Crippen molar-refractivity contribution in [2.45, 2.75) is 27.2 Å². The van der Waals surface area contributed by atoms with Crippen LogP contribution in [0.5, 0.6) is 5.75 Å². The Bertz CT molecular complexity index is 646. The van der Waals surface area contributed by atoms with E-state index in [0.717, 1.165) is 0 Å². The number of hydrogen-bond donors (Lipinski definition) is 2. The van der Waals surface area contributed by atoms with Crippen molar-refractivity contribution < 1.29 is 19.0 Å². The Morgan fingerprint density at radius 1 is 1.52 bits per heavy atom. The normalized spacial score (nSPS) is 18.4. The van der Waals surface area contributed by atoms with E-state index in [1.807, 2.05) is 13.8 Å². The third-order valence-corrected chi connectivity index (χ3v) is 3.98. The average molecular weight is 343 g/mol. The third-order valence-electron chi connectivity index (χ3n) is 3.63. The zero-order chi connectivity index (χ0) is 17.2. The van der Waals surface area contributed by atoms with Crippen molar-refractivity contribution in [2.75, 3.05) is 13.2 Å². The number of halogens is 2. The van der Waals surface area contributed by atoms with Gasteiger partial charge in [-0.05, 0) is 12.1 Å². The molecule has 0 fully saturated rings. The molecule has 5 nitrogen and oxygen atoms in total. The second-order valence-corrected chi connectivity index (χ2v) is 6.87. The second kappa shape index (κ2) is 6.84. The number of carbonyl (C=O) groups is 1. The van der Waals surface area contributed by atoms with Crippen molar-refractivity contribution in [1.82, 2.24) is 5.43 Å². The molecule has 2 N–H and O–H groups in total. The highest BCUT2D eigenvalue weighted by Crippen LogP contribution is 2.32. The maximum absolute atomic E-state index is 14.6. The lowest BCUT2D eigenvalue weighted by molar-refractivity contribution is -0.121. The molecule has 1 aliphatic rings. The van der Waals surface area contributed by atoms with Crippen molar-refractivity contribution in [3.05, 3.63) is 28.5 Å². The summed E-state index contributed by atoms with van der Waals surface area (Å²) in [5.74, 6) is -0.816. The van der Waals surface area contributed by atoms with E-state index < -0.39 is 11.2 Å².